The Kier molecular flexibility index (Phi) is 4.63. The highest BCUT2D eigenvalue weighted by Crippen LogP contribution is 2.31. The molecule has 0 aliphatic carbocycles. The minimum absolute atomic E-state index is 0.151. The molecule has 0 amide bonds. The molecule has 0 radical (unpaired) electrons. The summed E-state index contributed by atoms with van der Waals surface area (Å²) in [6.07, 6.45) is 2.96. The number of hydrazine groups is 1. The van der Waals surface area contributed by atoms with Crippen LogP contribution in [0.1, 0.15) is 42.8 Å². The molecule has 0 spiro atoms. The Bertz CT molecular complexity index is 391. The summed E-state index contributed by atoms with van der Waals surface area (Å²) >= 11 is 0. The summed E-state index contributed by atoms with van der Waals surface area (Å²) in [5, 5.41) is 8.41. The molecule has 1 aromatic heterocycles. The van der Waals surface area contributed by atoms with Crippen molar-refractivity contribution in [3.05, 3.63) is 23.0 Å². The van der Waals surface area contributed by atoms with E-state index in [1.54, 1.807) is 0 Å². The molecule has 1 aromatic rings. The van der Waals surface area contributed by atoms with Crippen LogP contribution in [0.5, 0.6) is 0 Å². The van der Waals surface area contributed by atoms with E-state index in [4.69, 9.17) is 10.6 Å². The van der Waals surface area contributed by atoms with Crippen LogP contribution in [-0.2, 0) is 11.2 Å². The minimum atomic E-state index is 0.151. The molecule has 1 aliphatic rings. The van der Waals surface area contributed by atoms with E-state index in [9.17, 15) is 0 Å². The van der Waals surface area contributed by atoms with Crippen molar-refractivity contribution < 1.29 is 4.74 Å². The van der Waals surface area contributed by atoms with Gasteiger partial charge in [-0.25, -0.2) is 0 Å². The van der Waals surface area contributed by atoms with Crippen LogP contribution in [-0.4, -0.2) is 23.4 Å². The molecule has 1 saturated heterocycles. The first-order valence-corrected chi connectivity index (χ1v) is 6.63. The average Bonchev–Trinajstić information content (AvgIpc) is 2.41. The van der Waals surface area contributed by atoms with Crippen LogP contribution in [0.15, 0.2) is 6.07 Å². The highest BCUT2D eigenvalue weighted by atomic mass is 16.5. The molecular formula is C13H22N4O. The molecule has 5 heteroatoms. The van der Waals surface area contributed by atoms with Crippen molar-refractivity contribution in [2.24, 2.45) is 11.8 Å². The number of aryl methyl sites for hydroxylation is 2. The molecule has 1 aliphatic heterocycles. The quantitative estimate of drug-likeness (QED) is 0.622. The number of nitrogens with two attached hydrogens (primary N) is 1. The highest BCUT2D eigenvalue weighted by molar-refractivity contribution is 5.25. The van der Waals surface area contributed by atoms with Gasteiger partial charge in [-0.1, -0.05) is 6.92 Å². The third kappa shape index (κ3) is 2.85. The predicted molar refractivity (Wildman–Crippen MR) is 69.8 cm³/mol. The maximum absolute atomic E-state index is 5.77. The Morgan fingerprint density at radius 1 is 1.44 bits per heavy atom. The lowest BCUT2D eigenvalue weighted by atomic mass is 9.86. The lowest BCUT2D eigenvalue weighted by molar-refractivity contribution is 0.0534. The van der Waals surface area contributed by atoms with E-state index in [-0.39, 0.29) is 6.04 Å². The summed E-state index contributed by atoms with van der Waals surface area (Å²) in [5.41, 5.74) is 6.14. The van der Waals surface area contributed by atoms with Crippen molar-refractivity contribution in [3.63, 3.8) is 0 Å². The SMILES string of the molecule is CCc1nnc(C)cc1C(NN)C1CCOCC1. The number of hydrogen-bond acceptors (Lipinski definition) is 5. The molecule has 2 heterocycles. The van der Waals surface area contributed by atoms with Gasteiger partial charge < -0.3 is 4.74 Å². The molecule has 1 fully saturated rings. The normalized spacial score (nSPS) is 18.8. The van der Waals surface area contributed by atoms with Crippen LogP contribution in [0, 0.1) is 12.8 Å². The zero-order chi connectivity index (χ0) is 13.0. The molecule has 5 nitrogen and oxygen atoms in total. The van der Waals surface area contributed by atoms with Crippen LogP contribution in [0.25, 0.3) is 0 Å². The smallest absolute Gasteiger partial charge is 0.0676 e. The summed E-state index contributed by atoms with van der Waals surface area (Å²) < 4.78 is 5.41. The molecule has 0 bridgehead atoms. The standard InChI is InChI=1S/C13H22N4O/c1-3-12-11(8-9(2)16-17-12)13(15-14)10-4-6-18-7-5-10/h8,10,13,15H,3-7,14H2,1-2H3. The number of ether oxygens (including phenoxy) is 1. The first-order valence-electron chi connectivity index (χ1n) is 6.63. The number of aromatic nitrogens is 2. The molecule has 0 aromatic carbocycles. The van der Waals surface area contributed by atoms with Gasteiger partial charge in [0.15, 0.2) is 0 Å². The Morgan fingerprint density at radius 2 is 2.17 bits per heavy atom. The third-order valence-electron chi connectivity index (χ3n) is 3.61. The molecule has 2 rings (SSSR count). The van der Waals surface area contributed by atoms with Crippen molar-refractivity contribution >= 4 is 0 Å². The fraction of sp³-hybridized carbons (Fsp3) is 0.692. The number of nitrogens with one attached hydrogen (secondary N) is 1. The van der Waals surface area contributed by atoms with E-state index in [0.29, 0.717) is 5.92 Å². The van der Waals surface area contributed by atoms with Gasteiger partial charge >= 0.3 is 0 Å². The monoisotopic (exact) mass is 250 g/mol. The summed E-state index contributed by atoms with van der Waals surface area (Å²) in [6.45, 7) is 5.71. The number of rotatable bonds is 4. The summed E-state index contributed by atoms with van der Waals surface area (Å²) in [4.78, 5) is 0. The Balaban J connectivity index is 2.27. The van der Waals surface area contributed by atoms with Crippen LogP contribution in [0.3, 0.4) is 0 Å². The molecule has 1 atom stereocenters. The van der Waals surface area contributed by atoms with E-state index in [2.05, 4.69) is 28.6 Å². The lowest BCUT2D eigenvalue weighted by Crippen LogP contribution is -2.37. The lowest BCUT2D eigenvalue weighted by Gasteiger charge is -2.30. The van der Waals surface area contributed by atoms with Gasteiger partial charge in [0.25, 0.3) is 0 Å². The molecule has 1 unspecified atom stereocenters. The van der Waals surface area contributed by atoms with Gasteiger partial charge in [-0.15, -0.1) is 0 Å². The zero-order valence-electron chi connectivity index (χ0n) is 11.1. The van der Waals surface area contributed by atoms with Gasteiger partial charge in [-0.3, -0.25) is 11.3 Å². The fourth-order valence-corrected chi connectivity index (χ4v) is 2.61. The predicted octanol–water partition coefficient (Wildman–Crippen LogP) is 1.28. The summed E-state index contributed by atoms with van der Waals surface area (Å²) in [5.74, 6) is 6.28. The van der Waals surface area contributed by atoms with Gasteiger partial charge in [0.1, 0.15) is 0 Å². The van der Waals surface area contributed by atoms with Crippen LogP contribution in [0.2, 0.25) is 0 Å². The third-order valence-corrected chi connectivity index (χ3v) is 3.61. The molecule has 100 valence electrons. The Labute approximate surface area is 108 Å². The van der Waals surface area contributed by atoms with Crippen molar-refractivity contribution in [2.45, 2.75) is 39.2 Å². The van der Waals surface area contributed by atoms with Crippen LogP contribution >= 0.6 is 0 Å². The largest absolute Gasteiger partial charge is 0.381 e. The topological polar surface area (TPSA) is 73.1 Å². The summed E-state index contributed by atoms with van der Waals surface area (Å²) in [6, 6.07) is 2.25. The van der Waals surface area contributed by atoms with E-state index >= 15 is 0 Å². The van der Waals surface area contributed by atoms with Crippen LogP contribution < -0.4 is 11.3 Å². The Hall–Kier alpha value is -1.04. The number of hydrogen-bond donors (Lipinski definition) is 2. The minimum Gasteiger partial charge on any atom is -0.381 e. The van der Waals surface area contributed by atoms with Crippen molar-refractivity contribution in [1.82, 2.24) is 15.6 Å². The van der Waals surface area contributed by atoms with Gasteiger partial charge in [-0.05, 0) is 43.7 Å². The second kappa shape index (κ2) is 6.22. The maximum atomic E-state index is 5.77. The molecule has 18 heavy (non-hydrogen) atoms. The van der Waals surface area contributed by atoms with Crippen molar-refractivity contribution in [1.29, 1.82) is 0 Å². The summed E-state index contributed by atoms with van der Waals surface area (Å²) in [7, 11) is 0. The van der Waals surface area contributed by atoms with E-state index in [1.807, 2.05) is 6.92 Å². The first-order chi connectivity index (χ1) is 8.76. The van der Waals surface area contributed by atoms with E-state index in [1.165, 1.54) is 5.56 Å². The van der Waals surface area contributed by atoms with Gasteiger partial charge in [0.2, 0.25) is 0 Å². The van der Waals surface area contributed by atoms with E-state index in [0.717, 1.165) is 43.9 Å². The fourth-order valence-electron chi connectivity index (χ4n) is 2.61. The van der Waals surface area contributed by atoms with Crippen LogP contribution in [0.4, 0.5) is 0 Å². The highest BCUT2D eigenvalue weighted by Gasteiger charge is 2.26. The van der Waals surface area contributed by atoms with E-state index < -0.39 is 0 Å². The van der Waals surface area contributed by atoms with Gasteiger partial charge in [-0.2, -0.15) is 10.2 Å². The number of nitrogens with zero attached hydrogens (tertiary/aromatic N) is 2. The van der Waals surface area contributed by atoms with Crippen molar-refractivity contribution in [3.8, 4) is 0 Å². The average molecular weight is 250 g/mol. The maximum Gasteiger partial charge on any atom is 0.0676 e. The Morgan fingerprint density at radius 3 is 2.78 bits per heavy atom. The first kappa shape index (κ1) is 13.4. The van der Waals surface area contributed by atoms with Crippen molar-refractivity contribution in [2.75, 3.05) is 13.2 Å². The second-order valence-electron chi connectivity index (χ2n) is 4.84. The zero-order valence-corrected chi connectivity index (χ0v) is 11.1. The second-order valence-corrected chi connectivity index (χ2v) is 4.84. The molecule has 3 N–H and O–H groups in total. The van der Waals surface area contributed by atoms with Gasteiger partial charge in [0.05, 0.1) is 17.4 Å². The molecular weight excluding hydrogens is 228 g/mol. The molecule has 0 saturated carbocycles. The van der Waals surface area contributed by atoms with Gasteiger partial charge in [0, 0.05) is 13.2 Å².